The lowest BCUT2D eigenvalue weighted by atomic mass is 10.3. The van der Waals surface area contributed by atoms with E-state index in [1.165, 1.54) is 23.7 Å². The molecule has 6 heteroatoms. The van der Waals surface area contributed by atoms with E-state index in [0.29, 0.717) is 6.54 Å². The highest BCUT2D eigenvalue weighted by atomic mass is 32.1. The molecule has 2 N–H and O–H groups in total. The van der Waals surface area contributed by atoms with Gasteiger partial charge >= 0.3 is 12.0 Å². The van der Waals surface area contributed by atoms with Gasteiger partial charge in [-0.1, -0.05) is 6.92 Å². The number of carbonyl (C=O) groups excluding carboxylic acids is 1. The first kappa shape index (κ1) is 14.5. The number of thiophene rings is 1. The third kappa shape index (κ3) is 3.73. The number of aliphatic carboxylic acids is 1. The van der Waals surface area contributed by atoms with Gasteiger partial charge in [0.25, 0.3) is 0 Å². The van der Waals surface area contributed by atoms with E-state index in [2.05, 4.69) is 12.2 Å². The summed E-state index contributed by atoms with van der Waals surface area (Å²) in [7, 11) is 1.47. The van der Waals surface area contributed by atoms with Crippen LogP contribution in [-0.4, -0.2) is 35.1 Å². The molecular weight excluding hydrogens is 252 g/mol. The molecule has 2 amide bonds. The Balaban J connectivity index is 2.48. The van der Waals surface area contributed by atoms with Crippen molar-refractivity contribution in [2.75, 3.05) is 7.05 Å². The Morgan fingerprint density at radius 2 is 2.06 bits per heavy atom. The maximum Gasteiger partial charge on any atom is 0.326 e. The topological polar surface area (TPSA) is 69.6 Å². The van der Waals surface area contributed by atoms with Crippen LogP contribution in [0.25, 0.3) is 0 Å². The second kappa shape index (κ2) is 6.39. The van der Waals surface area contributed by atoms with Gasteiger partial charge in [0.15, 0.2) is 0 Å². The smallest absolute Gasteiger partial charge is 0.326 e. The molecule has 0 aromatic carbocycles. The number of hydrogen-bond acceptors (Lipinski definition) is 3. The fourth-order valence-electron chi connectivity index (χ4n) is 1.34. The number of rotatable bonds is 5. The van der Waals surface area contributed by atoms with E-state index in [1.54, 1.807) is 11.3 Å². The summed E-state index contributed by atoms with van der Waals surface area (Å²) in [6.07, 6.45) is 0.981. The van der Waals surface area contributed by atoms with Crippen molar-refractivity contribution in [1.29, 1.82) is 0 Å². The Bertz CT molecular complexity index is 431. The number of carboxylic acid groups (broad SMARTS) is 1. The number of nitrogens with zero attached hydrogens (tertiary/aromatic N) is 1. The lowest BCUT2D eigenvalue weighted by molar-refractivity contribution is -0.141. The second-order valence-corrected chi connectivity index (χ2v) is 5.26. The molecule has 0 radical (unpaired) electrons. The molecule has 0 saturated heterocycles. The molecule has 0 aliphatic heterocycles. The molecule has 100 valence electrons. The van der Waals surface area contributed by atoms with Gasteiger partial charge < -0.3 is 15.3 Å². The minimum atomic E-state index is -1.02. The Morgan fingerprint density at radius 1 is 1.44 bits per heavy atom. The molecular formula is C12H18N2O3S. The minimum absolute atomic E-state index is 0.378. The van der Waals surface area contributed by atoms with Gasteiger partial charge in [0, 0.05) is 16.8 Å². The van der Waals surface area contributed by atoms with E-state index in [9.17, 15) is 9.59 Å². The average Bonchev–Trinajstić information content (AvgIpc) is 2.81. The van der Waals surface area contributed by atoms with Gasteiger partial charge in [0.2, 0.25) is 0 Å². The summed E-state index contributed by atoms with van der Waals surface area (Å²) in [4.78, 5) is 26.0. The molecule has 0 bridgehead atoms. The monoisotopic (exact) mass is 270 g/mol. The Morgan fingerprint density at radius 3 is 2.56 bits per heavy atom. The molecule has 1 aromatic rings. The van der Waals surface area contributed by atoms with Crippen molar-refractivity contribution >= 4 is 23.3 Å². The lowest BCUT2D eigenvalue weighted by Gasteiger charge is -2.21. The molecule has 0 saturated carbocycles. The third-order valence-electron chi connectivity index (χ3n) is 2.74. The van der Waals surface area contributed by atoms with Crippen LogP contribution in [0.4, 0.5) is 4.79 Å². The van der Waals surface area contributed by atoms with E-state index in [0.717, 1.165) is 11.3 Å². The summed E-state index contributed by atoms with van der Waals surface area (Å²) < 4.78 is 0. The highest BCUT2D eigenvalue weighted by Gasteiger charge is 2.21. The van der Waals surface area contributed by atoms with Crippen LogP contribution in [0.15, 0.2) is 12.1 Å². The standard InChI is InChI=1S/C12H18N2O3S/c1-4-9-5-6-10(18-9)7-13-12(17)14(3)8(2)11(15)16/h5-6,8H,4,7H2,1-3H3,(H,13,17)(H,15,16). The number of carbonyl (C=O) groups is 2. The number of hydrogen-bond donors (Lipinski definition) is 2. The van der Waals surface area contributed by atoms with Crippen molar-refractivity contribution in [3.05, 3.63) is 21.9 Å². The number of aryl methyl sites for hydroxylation is 1. The average molecular weight is 270 g/mol. The van der Waals surface area contributed by atoms with Gasteiger partial charge in [-0.05, 0) is 25.5 Å². The predicted octanol–water partition coefficient (Wildman–Crippen LogP) is 1.93. The van der Waals surface area contributed by atoms with Crippen molar-refractivity contribution in [3.63, 3.8) is 0 Å². The van der Waals surface area contributed by atoms with Crippen LogP contribution in [0, 0.1) is 0 Å². The van der Waals surface area contributed by atoms with E-state index in [4.69, 9.17) is 5.11 Å². The molecule has 1 heterocycles. The van der Waals surface area contributed by atoms with Crippen LogP contribution >= 0.6 is 11.3 Å². The first-order valence-electron chi connectivity index (χ1n) is 5.76. The summed E-state index contributed by atoms with van der Waals surface area (Å²) in [5.74, 6) is -1.02. The van der Waals surface area contributed by atoms with Gasteiger partial charge in [-0.25, -0.2) is 9.59 Å². The second-order valence-electron chi connectivity index (χ2n) is 4.01. The molecule has 0 aliphatic carbocycles. The van der Waals surface area contributed by atoms with Crippen molar-refractivity contribution in [2.24, 2.45) is 0 Å². The summed E-state index contributed by atoms with van der Waals surface area (Å²) in [6.45, 7) is 3.99. The van der Waals surface area contributed by atoms with Gasteiger partial charge in [0.1, 0.15) is 6.04 Å². The van der Waals surface area contributed by atoms with E-state index in [-0.39, 0.29) is 6.03 Å². The number of likely N-dealkylation sites (N-methyl/N-ethyl adjacent to an activating group) is 1. The maximum absolute atomic E-state index is 11.7. The normalized spacial score (nSPS) is 11.9. The molecule has 18 heavy (non-hydrogen) atoms. The fourth-order valence-corrected chi connectivity index (χ4v) is 2.23. The summed E-state index contributed by atoms with van der Waals surface area (Å²) in [5, 5.41) is 11.5. The van der Waals surface area contributed by atoms with Gasteiger partial charge in [-0.3, -0.25) is 0 Å². The molecule has 0 spiro atoms. The van der Waals surface area contributed by atoms with Gasteiger partial charge in [-0.2, -0.15) is 0 Å². The van der Waals surface area contributed by atoms with Crippen LogP contribution in [0.1, 0.15) is 23.6 Å². The van der Waals surface area contributed by atoms with Crippen LogP contribution < -0.4 is 5.32 Å². The first-order valence-corrected chi connectivity index (χ1v) is 6.58. The van der Waals surface area contributed by atoms with Crippen LogP contribution in [0.5, 0.6) is 0 Å². The summed E-state index contributed by atoms with van der Waals surface area (Å²) in [6, 6.07) is 2.80. The largest absolute Gasteiger partial charge is 0.480 e. The zero-order chi connectivity index (χ0) is 13.7. The van der Waals surface area contributed by atoms with E-state index in [1.807, 2.05) is 12.1 Å². The van der Waals surface area contributed by atoms with Crippen molar-refractivity contribution in [3.8, 4) is 0 Å². The van der Waals surface area contributed by atoms with Crippen LogP contribution in [0.2, 0.25) is 0 Å². The predicted molar refractivity (Wildman–Crippen MR) is 70.8 cm³/mol. The van der Waals surface area contributed by atoms with E-state index >= 15 is 0 Å². The number of amides is 2. The van der Waals surface area contributed by atoms with E-state index < -0.39 is 12.0 Å². The maximum atomic E-state index is 11.7. The lowest BCUT2D eigenvalue weighted by Crippen LogP contribution is -2.45. The Labute approximate surface area is 110 Å². The summed E-state index contributed by atoms with van der Waals surface area (Å²) in [5.41, 5.74) is 0. The number of nitrogens with one attached hydrogen (secondary N) is 1. The fraction of sp³-hybridized carbons (Fsp3) is 0.500. The molecule has 1 aromatic heterocycles. The number of carboxylic acids is 1. The van der Waals surface area contributed by atoms with Crippen LogP contribution in [-0.2, 0) is 17.8 Å². The van der Waals surface area contributed by atoms with Crippen molar-refractivity contribution in [1.82, 2.24) is 10.2 Å². The van der Waals surface area contributed by atoms with Gasteiger partial charge in [0.05, 0.1) is 6.54 Å². The zero-order valence-corrected chi connectivity index (χ0v) is 11.6. The Kier molecular flexibility index (Phi) is 5.15. The molecule has 1 atom stereocenters. The molecule has 0 fully saturated rings. The van der Waals surface area contributed by atoms with Crippen molar-refractivity contribution in [2.45, 2.75) is 32.9 Å². The highest BCUT2D eigenvalue weighted by Crippen LogP contribution is 2.16. The van der Waals surface area contributed by atoms with Crippen molar-refractivity contribution < 1.29 is 14.7 Å². The SMILES string of the molecule is CCc1ccc(CNC(=O)N(C)C(C)C(=O)O)s1. The molecule has 1 rings (SSSR count). The number of urea groups is 1. The molecule has 1 unspecified atom stereocenters. The molecule has 5 nitrogen and oxygen atoms in total. The Hall–Kier alpha value is -1.56. The highest BCUT2D eigenvalue weighted by molar-refractivity contribution is 7.11. The van der Waals surface area contributed by atoms with Crippen LogP contribution in [0.3, 0.4) is 0 Å². The minimum Gasteiger partial charge on any atom is -0.480 e. The molecule has 0 aliphatic rings. The summed E-state index contributed by atoms with van der Waals surface area (Å²) >= 11 is 1.65. The first-order chi connectivity index (χ1) is 8.45. The van der Waals surface area contributed by atoms with Gasteiger partial charge in [-0.15, -0.1) is 11.3 Å². The third-order valence-corrected chi connectivity index (χ3v) is 3.97. The zero-order valence-electron chi connectivity index (χ0n) is 10.8. The quantitative estimate of drug-likeness (QED) is 0.859.